The Bertz CT molecular complexity index is 265. The zero-order chi connectivity index (χ0) is 11.7. The van der Waals surface area contributed by atoms with Crippen LogP contribution in [0.2, 0.25) is 0 Å². The summed E-state index contributed by atoms with van der Waals surface area (Å²) < 4.78 is 6.13. The number of rotatable bonds is 1. The van der Waals surface area contributed by atoms with E-state index < -0.39 is 0 Å². The standard InChI is InChI=1S/C14H25NOS/c1-11-2-5-15-13(8-11)12-3-6-16-14(9-12)4-7-17-10-14/h11-13,15H,2-10H2,1H3. The molecule has 3 heterocycles. The van der Waals surface area contributed by atoms with Gasteiger partial charge in [-0.15, -0.1) is 0 Å². The first-order chi connectivity index (χ1) is 8.27. The lowest BCUT2D eigenvalue weighted by molar-refractivity contribution is -0.0872. The third kappa shape index (κ3) is 2.66. The molecule has 4 unspecified atom stereocenters. The van der Waals surface area contributed by atoms with Gasteiger partial charge in [0.05, 0.1) is 5.60 Å². The fraction of sp³-hybridized carbons (Fsp3) is 1.00. The van der Waals surface area contributed by atoms with Crippen molar-refractivity contribution in [3.63, 3.8) is 0 Å². The van der Waals surface area contributed by atoms with Crippen molar-refractivity contribution in [2.24, 2.45) is 11.8 Å². The lowest BCUT2D eigenvalue weighted by Crippen LogP contribution is -2.49. The SMILES string of the molecule is CC1CCNC(C2CCOC3(CCSC3)C2)C1. The molecule has 3 aliphatic rings. The largest absolute Gasteiger partial charge is 0.374 e. The van der Waals surface area contributed by atoms with Crippen molar-refractivity contribution in [2.45, 2.75) is 50.7 Å². The van der Waals surface area contributed by atoms with Crippen LogP contribution in [0.15, 0.2) is 0 Å². The van der Waals surface area contributed by atoms with E-state index in [0.717, 1.165) is 24.5 Å². The maximum absolute atomic E-state index is 6.13. The Morgan fingerprint density at radius 2 is 2.29 bits per heavy atom. The van der Waals surface area contributed by atoms with E-state index in [-0.39, 0.29) is 5.60 Å². The maximum atomic E-state index is 6.13. The number of nitrogens with one attached hydrogen (secondary N) is 1. The minimum absolute atomic E-state index is 0.260. The number of hydrogen-bond donors (Lipinski definition) is 1. The first kappa shape index (κ1) is 12.3. The summed E-state index contributed by atoms with van der Waals surface area (Å²) in [4.78, 5) is 0. The molecule has 3 saturated heterocycles. The van der Waals surface area contributed by atoms with E-state index in [1.807, 2.05) is 0 Å². The van der Waals surface area contributed by atoms with Crippen molar-refractivity contribution < 1.29 is 4.74 Å². The Morgan fingerprint density at radius 3 is 3.06 bits per heavy atom. The van der Waals surface area contributed by atoms with E-state index in [0.29, 0.717) is 0 Å². The number of ether oxygens (including phenoxy) is 1. The zero-order valence-corrected chi connectivity index (χ0v) is 11.7. The van der Waals surface area contributed by atoms with Crippen molar-refractivity contribution in [3.05, 3.63) is 0 Å². The van der Waals surface area contributed by atoms with Crippen molar-refractivity contribution in [1.82, 2.24) is 5.32 Å². The Morgan fingerprint density at radius 1 is 1.35 bits per heavy atom. The summed E-state index contributed by atoms with van der Waals surface area (Å²) in [7, 11) is 0. The highest BCUT2D eigenvalue weighted by molar-refractivity contribution is 7.99. The lowest BCUT2D eigenvalue weighted by Gasteiger charge is -2.43. The van der Waals surface area contributed by atoms with Gasteiger partial charge in [0, 0.05) is 18.4 Å². The molecule has 0 aromatic heterocycles. The molecular weight excluding hydrogens is 230 g/mol. The molecule has 3 fully saturated rings. The second kappa shape index (κ2) is 5.10. The van der Waals surface area contributed by atoms with Crippen LogP contribution in [0.3, 0.4) is 0 Å². The highest BCUT2D eigenvalue weighted by Crippen LogP contribution is 2.42. The van der Waals surface area contributed by atoms with E-state index >= 15 is 0 Å². The van der Waals surface area contributed by atoms with E-state index in [4.69, 9.17) is 4.74 Å². The molecule has 0 radical (unpaired) electrons. The minimum Gasteiger partial charge on any atom is -0.374 e. The van der Waals surface area contributed by atoms with E-state index in [9.17, 15) is 0 Å². The Kier molecular flexibility index (Phi) is 3.69. The van der Waals surface area contributed by atoms with Crippen LogP contribution >= 0.6 is 11.8 Å². The van der Waals surface area contributed by atoms with E-state index in [1.54, 1.807) is 0 Å². The summed E-state index contributed by atoms with van der Waals surface area (Å²) in [5.41, 5.74) is 0.260. The first-order valence-electron chi connectivity index (χ1n) is 7.22. The normalized spacial score (nSPS) is 47.5. The third-order valence-electron chi connectivity index (χ3n) is 4.87. The highest BCUT2D eigenvalue weighted by atomic mass is 32.2. The van der Waals surface area contributed by atoms with Gasteiger partial charge in [0.15, 0.2) is 0 Å². The van der Waals surface area contributed by atoms with Gasteiger partial charge in [0.25, 0.3) is 0 Å². The molecule has 4 atom stereocenters. The van der Waals surface area contributed by atoms with Gasteiger partial charge < -0.3 is 10.1 Å². The summed E-state index contributed by atoms with van der Waals surface area (Å²) >= 11 is 2.08. The van der Waals surface area contributed by atoms with Gasteiger partial charge in [-0.2, -0.15) is 11.8 Å². The molecule has 3 heteroatoms. The van der Waals surface area contributed by atoms with Crippen molar-refractivity contribution in [2.75, 3.05) is 24.7 Å². The van der Waals surface area contributed by atoms with Gasteiger partial charge in [-0.05, 0) is 56.2 Å². The Hall–Kier alpha value is 0.270. The van der Waals surface area contributed by atoms with Crippen molar-refractivity contribution >= 4 is 11.8 Å². The second-order valence-corrected chi connectivity index (χ2v) is 7.38. The van der Waals surface area contributed by atoms with Gasteiger partial charge in [0.2, 0.25) is 0 Å². The Labute approximate surface area is 109 Å². The first-order valence-corrected chi connectivity index (χ1v) is 8.38. The van der Waals surface area contributed by atoms with Crippen LogP contribution in [0.5, 0.6) is 0 Å². The lowest BCUT2D eigenvalue weighted by atomic mass is 9.77. The maximum Gasteiger partial charge on any atom is 0.0783 e. The minimum atomic E-state index is 0.260. The third-order valence-corrected chi connectivity index (χ3v) is 6.09. The summed E-state index contributed by atoms with van der Waals surface area (Å²) in [5, 5.41) is 3.76. The van der Waals surface area contributed by atoms with Crippen molar-refractivity contribution in [1.29, 1.82) is 0 Å². The van der Waals surface area contributed by atoms with E-state index in [2.05, 4.69) is 24.0 Å². The topological polar surface area (TPSA) is 21.3 Å². The highest BCUT2D eigenvalue weighted by Gasteiger charge is 2.42. The molecule has 1 N–H and O–H groups in total. The van der Waals surface area contributed by atoms with Crippen LogP contribution in [-0.4, -0.2) is 36.3 Å². The van der Waals surface area contributed by atoms with Crippen LogP contribution in [0.1, 0.15) is 39.0 Å². The van der Waals surface area contributed by atoms with Crippen LogP contribution in [0, 0.1) is 11.8 Å². The fourth-order valence-electron chi connectivity index (χ4n) is 3.78. The second-order valence-electron chi connectivity index (χ2n) is 6.28. The van der Waals surface area contributed by atoms with Crippen LogP contribution in [0.4, 0.5) is 0 Å². The number of piperidine rings is 1. The molecular formula is C14H25NOS. The average molecular weight is 255 g/mol. The molecule has 0 saturated carbocycles. The summed E-state index contributed by atoms with van der Waals surface area (Å²) in [6.45, 7) is 4.64. The molecule has 0 aromatic carbocycles. The van der Waals surface area contributed by atoms with Crippen molar-refractivity contribution in [3.8, 4) is 0 Å². The molecule has 17 heavy (non-hydrogen) atoms. The molecule has 0 amide bonds. The molecule has 0 bridgehead atoms. The molecule has 0 aliphatic carbocycles. The molecule has 0 aromatic rings. The van der Waals surface area contributed by atoms with Gasteiger partial charge in [-0.25, -0.2) is 0 Å². The number of hydrogen-bond acceptors (Lipinski definition) is 3. The molecule has 1 spiro atoms. The molecule has 3 aliphatic heterocycles. The van der Waals surface area contributed by atoms with Crippen LogP contribution < -0.4 is 5.32 Å². The predicted octanol–water partition coefficient (Wildman–Crippen LogP) is 2.68. The summed E-state index contributed by atoms with van der Waals surface area (Å²) in [5.74, 6) is 4.33. The summed E-state index contributed by atoms with van der Waals surface area (Å²) in [6, 6.07) is 0.769. The predicted molar refractivity (Wildman–Crippen MR) is 73.5 cm³/mol. The van der Waals surface area contributed by atoms with Gasteiger partial charge >= 0.3 is 0 Å². The Balaban J connectivity index is 1.62. The van der Waals surface area contributed by atoms with Gasteiger partial charge in [-0.3, -0.25) is 0 Å². The summed E-state index contributed by atoms with van der Waals surface area (Å²) in [6.07, 6.45) is 6.62. The van der Waals surface area contributed by atoms with Gasteiger partial charge in [0.1, 0.15) is 0 Å². The van der Waals surface area contributed by atoms with E-state index in [1.165, 1.54) is 50.2 Å². The quantitative estimate of drug-likeness (QED) is 0.778. The number of thioether (sulfide) groups is 1. The molecule has 98 valence electrons. The van der Waals surface area contributed by atoms with Crippen LogP contribution in [-0.2, 0) is 4.74 Å². The monoisotopic (exact) mass is 255 g/mol. The molecule has 2 nitrogen and oxygen atoms in total. The zero-order valence-electron chi connectivity index (χ0n) is 10.9. The van der Waals surface area contributed by atoms with Crippen LogP contribution in [0.25, 0.3) is 0 Å². The fourth-order valence-corrected chi connectivity index (χ4v) is 5.16. The average Bonchev–Trinajstić information content (AvgIpc) is 2.77. The molecule has 3 rings (SSSR count). The van der Waals surface area contributed by atoms with Gasteiger partial charge in [-0.1, -0.05) is 6.92 Å². The smallest absolute Gasteiger partial charge is 0.0783 e.